The van der Waals surface area contributed by atoms with Gasteiger partial charge in [0.05, 0.1) is 0 Å². The standard InChI is InChI=1S/C9H13N3O2/c1-9(2,3)7-11-5-4-6(12-7)14-8(10)13/h4-5H,1-3H3,(H2,10,13). The first-order valence-corrected chi connectivity index (χ1v) is 4.20. The summed E-state index contributed by atoms with van der Waals surface area (Å²) in [4.78, 5) is 18.6. The Morgan fingerprint density at radius 2 is 2.14 bits per heavy atom. The van der Waals surface area contributed by atoms with Gasteiger partial charge < -0.3 is 10.5 Å². The van der Waals surface area contributed by atoms with E-state index >= 15 is 0 Å². The lowest BCUT2D eigenvalue weighted by Crippen LogP contribution is -2.20. The zero-order valence-corrected chi connectivity index (χ0v) is 8.44. The van der Waals surface area contributed by atoms with Crippen LogP contribution >= 0.6 is 0 Å². The molecular weight excluding hydrogens is 182 g/mol. The van der Waals surface area contributed by atoms with Gasteiger partial charge in [-0.2, -0.15) is 4.98 Å². The van der Waals surface area contributed by atoms with Crippen molar-refractivity contribution in [2.75, 3.05) is 0 Å². The topological polar surface area (TPSA) is 78.1 Å². The molecule has 0 aliphatic rings. The van der Waals surface area contributed by atoms with Crippen molar-refractivity contribution in [3.63, 3.8) is 0 Å². The Hall–Kier alpha value is -1.65. The lowest BCUT2D eigenvalue weighted by molar-refractivity contribution is 0.208. The van der Waals surface area contributed by atoms with E-state index in [9.17, 15) is 4.79 Å². The fraction of sp³-hybridized carbons (Fsp3) is 0.444. The number of aromatic nitrogens is 2. The largest absolute Gasteiger partial charge is 0.411 e. The van der Waals surface area contributed by atoms with Crippen LogP contribution in [0.1, 0.15) is 26.6 Å². The average molecular weight is 195 g/mol. The molecule has 0 saturated heterocycles. The minimum atomic E-state index is -0.872. The van der Waals surface area contributed by atoms with E-state index in [1.807, 2.05) is 20.8 Å². The van der Waals surface area contributed by atoms with E-state index in [-0.39, 0.29) is 11.3 Å². The predicted molar refractivity (Wildman–Crippen MR) is 50.9 cm³/mol. The van der Waals surface area contributed by atoms with Crippen molar-refractivity contribution in [1.29, 1.82) is 0 Å². The summed E-state index contributed by atoms with van der Waals surface area (Å²) in [5.41, 5.74) is 4.68. The Balaban J connectivity index is 2.95. The van der Waals surface area contributed by atoms with Crippen molar-refractivity contribution in [2.24, 2.45) is 5.73 Å². The van der Waals surface area contributed by atoms with Crippen molar-refractivity contribution in [3.8, 4) is 5.88 Å². The number of carbonyl (C=O) groups is 1. The van der Waals surface area contributed by atoms with Crippen LogP contribution in [0.3, 0.4) is 0 Å². The first-order chi connectivity index (χ1) is 6.39. The zero-order valence-electron chi connectivity index (χ0n) is 8.44. The molecule has 0 bridgehead atoms. The van der Waals surface area contributed by atoms with Gasteiger partial charge in [0.1, 0.15) is 5.82 Å². The molecule has 14 heavy (non-hydrogen) atoms. The van der Waals surface area contributed by atoms with Gasteiger partial charge >= 0.3 is 6.09 Å². The predicted octanol–water partition coefficient (Wildman–Crippen LogP) is 1.23. The monoisotopic (exact) mass is 195 g/mol. The number of carbonyl (C=O) groups excluding carboxylic acids is 1. The van der Waals surface area contributed by atoms with Gasteiger partial charge in [-0.1, -0.05) is 20.8 Å². The molecule has 0 saturated carbocycles. The Bertz CT molecular complexity index is 344. The van der Waals surface area contributed by atoms with E-state index in [1.54, 1.807) is 0 Å². The summed E-state index contributed by atoms with van der Waals surface area (Å²) in [6.45, 7) is 5.91. The Kier molecular flexibility index (Phi) is 2.69. The number of primary amides is 1. The maximum atomic E-state index is 10.5. The fourth-order valence-corrected chi connectivity index (χ4v) is 0.863. The summed E-state index contributed by atoms with van der Waals surface area (Å²) >= 11 is 0. The van der Waals surface area contributed by atoms with Gasteiger partial charge in [0.15, 0.2) is 0 Å². The number of hydrogen-bond acceptors (Lipinski definition) is 4. The van der Waals surface area contributed by atoms with Gasteiger partial charge in [-0.05, 0) is 0 Å². The Morgan fingerprint density at radius 3 is 2.64 bits per heavy atom. The van der Waals surface area contributed by atoms with E-state index in [0.29, 0.717) is 5.82 Å². The molecule has 0 radical (unpaired) electrons. The third kappa shape index (κ3) is 2.69. The molecule has 0 aliphatic heterocycles. The second-order valence-corrected chi connectivity index (χ2v) is 3.89. The number of hydrogen-bond donors (Lipinski definition) is 1. The summed E-state index contributed by atoms with van der Waals surface area (Å²) < 4.78 is 4.64. The molecule has 2 N–H and O–H groups in total. The molecule has 1 heterocycles. The normalized spacial score (nSPS) is 11.1. The van der Waals surface area contributed by atoms with Gasteiger partial charge in [-0.3, -0.25) is 0 Å². The van der Waals surface area contributed by atoms with Crippen molar-refractivity contribution in [2.45, 2.75) is 26.2 Å². The number of ether oxygens (including phenoxy) is 1. The van der Waals surface area contributed by atoms with Crippen LogP contribution in [-0.4, -0.2) is 16.1 Å². The molecule has 0 fully saturated rings. The molecule has 0 atom stereocenters. The molecule has 1 amide bonds. The fourth-order valence-electron chi connectivity index (χ4n) is 0.863. The Labute approximate surface area is 82.3 Å². The third-order valence-corrected chi connectivity index (χ3v) is 1.51. The molecule has 0 aromatic carbocycles. The minimum Gasteiger partial charge on any atom is -0.391 e. The van der Waals surface area contributed by atoms with Crippen LogP contribution in [0.5, 0.6) is 5.88 Å². The highest BCUT2D eigenvalue weighted by Crippen LogP contribution is 2.19. The first-order valence-electron chi connectivity index (χ1n) is 4.20. The van der Waals surface area contributed by atoms with E-state index in [4.69, 9.17) is 5.73 Å². The minimum absolute atomic E-state index is 0.178. The van der Waals surface area contributed by atoms with Crippen LogP contribution in [0.2, 0.25) is 0 Å². The first kappa shape index (κ1) is 10.4. The van der Waals surface area contributed by atoms with Gasteiger partial charge in [0, 0.05) is 17.7 Å². The SMILES string of the molecule is CC(C)(C)c1nccc(OC(N)=O)n1. The molecule has 0 aliphatic carbocycles. The van der Waals surface area contributed by atoms with Crippen molar-refractivity contribution in [1.82, 2.24) is 9.97 Å². The maximum Gasteiger partial charge on any atom is 0.411 e. The van der Waals surface area contributed by atoms with Gasteiger partial charge in [0.25, 0.3) is 0 Å². The van der Waals surface area contributed by atoms with Gasteiger partial charge in [-0.25, -0.2) is 9.78 Å². The van der Waals surface area contributed by atoms with E-state index in [1.165, 1.54) is 12.3 Å². The molecule has 0 unspecified atom stereocenters. The molecule has 1 aromatic heterocycles. The maximum absolute atomic E-state index is 10.5. The zero-order chi connectivity index (χ0) is 10.8. The van der Waals surface area contributed by atoms with Crippen LogP contribution in [0.4, 0.5) is 4.79 Å². The molecular formula is C9H13N3O2. The van der Waals surface area contributed by atoms with Crippen LogP contribution in [0.25, 0.3) is 0 Å². The van der Waals surface area contributed by atoms with Crippen LogP contribution in [0, 0.1) is 0 Å². The summed E-state index contributed by atoms with van der Waals surface area (Å²) in [6, 6.07) is 1.49. The molecule has 0 spiro atoms. The quantitative estimate of drug-likeness (QED) is 0.731. The third-order valence-electron chi connectivity index (χ3n) is 1.51. The highest BCUT2D eigenvalue weighted by molar-refractivity contribution is 5.67. The summed E-state index contributed by atoms with van der Waals surface area (Å²) in [5.74, 6) is 0.786. The highest BCUT2D eigenvalue weighted by atomic mass is 16.6. The second-order valence-electron chi connectivity index (χ2n) is 3.89. The molecule has 76 valence electrons. The molecule has 1 rings (SSSR count). The number of nitrogens with two attached hydrogens (primary N) is 1. The number of amides is 1. The molecule has 5 heteroatoms. The lowest BCUT2D eigenvalue weighted by atomic mass is 9.96. The summed E-state index contributed by atoms with van der Waals surface area (Å²) in [5, 5.41) is 0. The van der Waals surface area contributed by atoms with Crippen LogP contribution in [0.15, 0.2) is 12.3 Å². The lowest BCUT2D eigenvalue weighted by Gasteiger charge is -2.16. The van der Waals surface area contributed by atoms with Crippen molar-refractivity contribution < 1.29 is 9.53 Å². The van der Waals surface area contributed by atoms with Crippen LogP contribution in [-0.2, 0) is 5.41 Å². The molecule has 1 aromatic rings. The molecule has 5 nitrogen and oxygen atoms in total. The highest BCUT2D eigenvalue weighted by Gasteiger charge is 2.17. The Morgan fingerprint density at radius 1 is 1.50 bits per heavy atom. The smallest absolute Gasteiger partial charge is 0.391 e. The van der Waals surface area contributed by atoms with Gasteiger partial charge in [-0.15, -0.1) is 0 Å². The summed E-state index contributed by atoms with van der Waals surface area (Å²) in [7, 11) is 0. The van der Waals surface area contributed by atoms with Crippen molar-refractivity contribution >= 4 is 6.09 Å². The van der Waals surface area contributed by atoms with Crippen molar-refractivity contribution in [3.05, 3.63) is 18.1 Å². The van der Waals surface area contributed by atoms with E-state index < -0.39 is 6.09 Å². The van der Waals surface area contributed by atoms with Crippen LogP contribution < -0.4 is 10.5 Å². The van der Waals surface area contributed by atoms with E-state index in [2.05, 4.69) is 14.7 Å². The van der Waals surface area contributed by atoms with Gasteiger partial charge in [0.2, 0.25) is 5.88 Å². The second kappa shape index (κ2) is 3.61. The number of rotatable bonds is 1. The summed E-state index contributed by atoms with van der Waals surface area (Å²) in [6.07, 6.45) is 0.662. The average Bonchev–Trinajstić information content (AvgIpc) is 2.01. The van der Waals surface area contributed by atoms with E-state index in [0.717, 1.165) is 0 Å². The number of nitrogens with zero attached hydrogens (tertiary/aromatic N) is 2.